The van der Waals surface area contributed by atoms with E-state index < -0.39 is 0 Å². The third kappa shape index (κ3) is 1.78. The minimum Gasteiger partial charge on any atom is -0.364 e. The standard InChI is InChI=1S/C9H14N4/c1-8-4-10-2-3-13(8)9-5-11-7-12-6-9/h5-8,10H,2-4H2,1H3/t8-/m0/s1. The van der Waals surface area contributed by atoms with Gasteiger partial charge in [-0.2, -0.15) is 0 Å². The number of anilines is 1. The van der Waals surface area contributed by atoms with Crippen molar-refractivity contribution in [1.82, 2.24) is 15.3 Å². The molecule has 1 fully saturated rings. The summed E-state index contributed by atoms with van der Waals surface area (Å²) in [6.07, 6.45) is 5.31. The Morgan fingerprint density at radius 2 is 2.23 bits per heavy atom. The molecule has 0 bridgehead atoms. The fourth-order valence-corrected chi connectivity index (χ4v) is 1.66. The van der Waals surface area contributed by atoms with Crippen LogP contribution < -0.4 is 10.2 Å². The Kier molecular flexibility index (Phi) is 2.40. The van der Waals surface area contributed by atoms with Crippen molar-refractivity contribution in [2.24, 2.45) is 0 Å². The molecule has 0 saturated carbocycles. The maximum atomic E-state index is 4.02. The number of piperazine rings is 1. The minimum absolute atomic E-state index is 0.528. The zero-order valence-corrected chi connectivity index (χ0v) is 7.77. The molecule has 2 rings (SSSR count). The van der Waals surface area contributed by atoms with Crippen molar-refractivity contribution in [3.63, 3.8) is 0 Å². The van der Waals surface area contributed by atoms with Crippen molar-refractivity contribution in [2.75, 3.05) is 24.5 Å². The highest BCUT2D eigenvalue weighted by Gasteiger charge is 2.17. The van der Waals surface area contributed by atoms with Crippen molar-refractivity contribution in [3.05, 3.63) is 18.7 Å². The lowest BCUT2D eigenvalue weighted by molar-refractivity contribution is 0.500. The van der Waals surface area contributed by atoms with Crippen LogP contribution in [0.5, 0.6) is 0 Å². The van der Waals surface area contributed by atoms with Gasteiger partial charge in [-0.25, -0.2) is 9.97 Å². The second-order valence-corrected chi connectivity index (χ2v) is 3.34. The van der Waals surface area contributed by atoms with Crippen LogP contribution in [-0.4, -0.2) is 35.6 Å². The Bertz CT molecular complexity index is 262. The summed E-state index contributed by atoms with van der Waals surface area (Å²) in [5, 5.41) is 3.35. The van der Waals surface area contributed by atoms with Crippen LogP contribution in [0, 0.1) is 0 Å². The first-order valence-corrected chi connectivity index (χ1v) is 4.60. The fraction of sp³-hybridized carbons (Fsp3) is 0.556. The van der Waals surface area contributed by atoms with E-state index in [1.54, 1.807) is 6.33 Å². The van der Waals surface area contributed by atoms with E-state index in [1.807, 2.05) is 12.4 Å². The summed E-state index contributed by atoms with van der Waals surface area (Å²) in [5.41, 5.74) is 1.12. The van der Waals surface area contributed by atoms with Crippen LogP contribution in [0.1, 0.15) is 6.92 Å². The predicted molar refractivity (Wildman–Crippen MR) is 51.7 cm³/mol. The van der Waals surface area contributed by atoms with Gasteiger partial charge in [0.2, 0.25) is 0 Å². The number of hydrogen-bond acceptors (Lipinski definition) is 4. The van der Waals surface area contributed by atoms with E-state index in [1.165, 1.54) is 0 Å². The zero-order valence-electron chi connectivity index (χ0n) is 7.77. The molecule has 1 saturated heterocycles. The highest BCUT2D eigenvalue weighted by atomic mass is 15.2. The first-order valence-electron chi connectivity index (χ1n) is 4.60. The number of nitrogens with zero attached hydrogens (tertiary/aromatic N) is 3. The zero-order chi connectivity index (χ0) is 9.10. The molecule has 13 heavy (non-hydrogen) atoms. The fourth-order valence-electron chi connectivity index (χ4n) is 1.66. The summed E-state index contributed by atoms with van der Waals surface area (Å²) in [4.78, 5) is 10.4. The molecule has 1 N–H and O–H groups in total. The maximum absolute atomic E-state index is 4.02. The lowest BCUT2D eigenvalue weighted by Crippen LogP contribution is -2.50. The predicted octanol–water partition coefficient (Wildman–Crippen LogP) is 0.275. The molecule has 1 atom stereocenters. The Labute approximate surface area is 78.0 Å². The van der Waals surface area contributed by atoms with Crippen LogP contribution in [0.4, 0.5) is 5.69 Å². The van der Waals surface area contributed by atoms with Crippen LogP contribution >= 0.6 is 0 Å². The van der Waals surface area contributed by atoms with Gasteiger partial charge in [0.05, 0.1) is 18.1 Å². The molecule has 1 aliphatic heterocycles. The second kappa shape index (κ2) is 3.70. The summed E-state index contributed by atoms with van der Waals surface area (Å²) >= 11 is 0. The number of nitrogens with one attached hydrogen (secondary N) is 1. The minimum atomic E-state index is 0.528. The van der Waals surface area contributed by atoms with Crippen LogP contribution in [0.2, 0.25) is 0 Å². The topological polar surface area (TPSA) is 41.0 Å². The molecule has 0 aromatic carbocycles. The lowest BCUT2D eigenvalue weighted by Gasteiger charge is -2.35. The van der Waals surface area contributed by atoms with E-state index in [0.717, 1.165) is 25.3 Å². The summed E-state index contributed by atoms with van der Waals surface area (Å²) in [6.45, 7) is 5.32. The number of hydrogen-bond donors (Lipinski definition) is 1. The first kappa shape index (κ1) is 8.44. The van der Waals surface area contributed by atoms with Crippen LogP contribution in [0.3, 0.4) is 0 Å². The first-order chi connectivity index (χ1) is 6.38. The third-order valence-corrected chi connectivity index (χ3v) is 2.38. The van der Waals surface area contributed by atoms with Gasteiger partial charge in [-0.3, -0.25) is 0 Å². The molecular weight excluding hydrogens is 164 g/mol. The average Bonchev–Trinajstić information content (AvgIpc) is 2.20. The highest BCUT2D eigenvalue weighted by Crippen LogP contribution is 2.14. The quantitative estimate of drug-likeness (QED) is 0.670. The molecule has 0 radical (unpaired) electrons. The van der Waals surface area contributed by atoms with E-state index in [-0.39, 0.29) is 0 Å². The van der Waals surface area contributed by atoms with Gasteiger partial charge in [0.1, 0.15) is 6.33 Å². The SMILES string of the molecule is C[C@H]1CNCCN1c1cncnc1. The van der Waals surface area contributed by atoms with E-state index in [2.05, 4.69) is 27.1 Å². The monoisotopic (exact) mass is 178 g/mol. The van der Waals surface area contributed by atoms with Crippen LogP contribution in [-0.2, 0) is 0 Å². The molecule has 0 aliphatic carbocycles. The summed E-state index contributed by atoms with van der Waals surface area (Å²) in [7, 11) is 0. The summed E-state index contributed by atoms with van der Waals surface area (Å²) < 4.78 is 0. The Hall–Kier alpha value is -1.16. The van der Waals surface area contributed by atoms with Crippen molar-refractivity contribution >= 4 is 5.69 Å². The summed E-state index contributed by atoms with van der Waals surface area (Å²) in [5.74, 6) is 0. The number of rotatable bonds is 1. The van der Waals surface area contributed by atoms with Crippen molar-refractivity contribution in [3.8, 4) is 0 Å². The van der Waals surface area contributed by atoms with Crippen molar-refractivity contribution in [1.29, 1.82) is 0 Å². The van der Waals surface area contributed by atoms with Crippen LogP contribution in [0.15, 0.2) is 18.7 Å². The Balaban J connectivity index is 2.15. The van der Waals surface area contributed by atoms with E-state index in [0.29, 0.717) is 6.04 Å². The molecule has 70 valence electrons. The van der Waals surface area contributed by atoms with E-state index in [4.69, 9.17) is 0 Å². The van der Waals surface area contributed by atoms with E-state index >= 15 is 0 Å². The summed E-state index contributed by atoms with van der Waals surface area (Å²) in [6, 6.07) is 0.528. The smallest absolute Gasteiger partial charge is 0.115 e. The molecule has 4 nitrogen and oxygen atoms in total. The van der Waals surface area contributed by atoms with Gasteiger partial charge < -0.3 is 10.2 Å². The second-order valence-electron chi connectivity index (χ2n) is 3.34. The molecule has 1 aromatic heterocycles. The van der Waals surface area contributed by atoms with Gasteiger partial charge in [0, 0.05) is 25.7 Å². The lowest BCUT2D eigenvalue weighted by atomic mass is 10.2. The van der Waals surface area contributed by atoms with Gasteiger partial charge >= 0.3 is 0 Å². The largest absolute Gasteiger partial charge is 0.364 e. The Morgan fingerprint density at radius 3 is 2.92 bits per heavy atom. The highest BCUT2D eigenvalue weighted by molar-refractivity contribution is 5.43. The van der Waals surface area contributed by atoms with Crippen LogP contribution in [0.25, 0.3) is 0 Å². The Morgan fingerprint density at radius 1 is 1.46 bits per heavy atom. The molecule has 0 unspecified atom stereocenters. The molecule has 2 heterocycles. The third-order valence-electron chi connectivity index (χ3n) is 2.38. The molecule has 1 aliphatic rings. The number of aromatic nitrogens is 2. The van der Waals surface area contributed by atoms with Gasteiger partial charge in [-0.15, -0.1) is 0 Å². The molecule has 4 heteroatoms. The van der Waals surface area contributed by atoms with Crippen molar-refractivity contribution < 1.29 is 0 Å². The van der Waals surface area contributed by atoms with Gasteiger partial charge in [0.25, 0.3) is 0 Å². The van der Waals surface area contributed by atoms with Gasteiger partial charge in [0.15, 0.2) is 0 Å². The maximum Gasteiger partial charge on any atom is 0.115 e. The van der Waals surface area contributed by atoms with Gasteiger partial charge in [-0.05, 0) is 6.92 Å². The molecular formula is C9H14N4. The molecule has 1 aromatic rings. The van der Waals surface area contributed by atoms with Gasteiger partial charge in [-0.1, -0.05) is 0 Å². The molecule has 0 spiro atoms. The van der Waals surface area contributed by atoms with E-state index in [9.17, 15) is 0 Å². The normalized spacial score (nSPS) is 23.2. The molecule has 0 amide bonds. The average molecular weight is 178 g/mol. The van der Waals surface area contributed by atoms with Crippen molar-refractivity contribution in [2.45, 2.75) is 13.0 Å².